The van der Waals surface area contributed by atoms with Crippen LogP contribution in [0.3, 0.4) is 0 Å². The molecule has 0 aliphatic carbocycles. The summed E-state index contributed by atoms with van der Waals surface area (Å²) in [4.78, 5) is 0. The third-order valence-electron chi connectivity index (χ3n) is 3.49. The molecule has 1 aromatic carbocycles. The monoisotopic (exact) mass is 324 g/mol. The fourth-order valence-corrected chi connectivity index (χ4v) is 5.41. The maximum atomic E-state index is 13.7. The Hall–Kier alpha value is -0.320. The molecule has 0 amide bonds. The zero-order valence-electron chi connectivity index (χ0n) is 10.3. The summed E-state index contributed by atoms with van der Waals surface area (Å²) in [6.45, 7) is 0. The summed E-state index contributed by atoms with van der Waals surface area (Å²) in [5.74, 6) is -0.266. The van der Waals surface area contributed by atoms with E-state index in [2.05, 4.69) is 0 Å². The van der Waals surface area contributed by atoms with Gasteiger partial charge in [-0.25, -0.2) is 12.8 Å². The van der Waals surface area contributed by atoms with Crippen molar-refractivity contribution in [1.82, 2.24) is 0 Å². The second-order valence-corrected chi connectivity index (χ2v) is 8.13. The van der Waals surface area contributed by atoms with E-state index in [1.165, 1.54) is 12.1 Å². The first-order valence-electron chi connectivity index (χ1n) is 6.20. The van der Waals surface area contributed by atoms with Gasteiger partial charge in [-0.05, 0) is 31.4 Å². The first-order valence-corrected chi connectivity index (χ1v) is 8.73. The van der Waals surface area contributed by atoms with Crippen LogP contribution < -0.4 is 0 Å². The molecule has 1 saturated heterocycles. The van der Waals surface area contributed by atoms with E-state index in [-0.39, 0.29) is 12.2 Å². The van der Waals surface area contributed by atoms with Gasteiger partial charge < -0.3 is 0 Å². The van der Waals surface area contributed by atoms with Gasteiger partial charge >= 0.3 is 0 Å². The maximum Gasteiger partial charge on any atom is 0.154 e. The first-order chi connectivity index (χ1) is 8.92. The zero-order valence-corrected chi connectivity index (χ0v) is 12.6. The smallest absolute Gasteiger partial charge is 0.154 e. The Balaban J connectivity index is 2.19. The standard InChI is InChI=1S/C13H15Cl2FO2S/c14-10-4-3-5-12(16)9(10)8-11(15)13-6-1-2-7-19(13,17)18/h3-5,11,13H,1-2,6-8H2. The predicted octanol–water partition coefficient (Wildman–Crippen LogP) is 3.60. The fraction of sp³-hybridized carbons (Fsp3) is 0.538. The van der Waals surface area contributed by atoms with Gasteiger partial charge in [0.25, 0.3) is 0 Å². The van der Waals surface area contributed by atoms with Crippen molar-refractivity contribution in [3.05, 3.63) is 34.6 Å². The maximum absolute atomic E-state index is 13.7. The molecule has 6 heteroatoms. The van der Waals surface area contributed by atoms with Crippen molar-refractivity contribution in [3.63, 3.8) is 0 Å². The van der Waals surface area contributed by atoms with E-state index in [9.17, 15) is 12.8 Å². The van der Waals surface area contributed by atoms with Crippen molar-refractivity contribution in [2.75, 3.05) is 5.75 Å². The molecular formula is C13H15Cl2FO2S. The van der Waals surface area contributed by atoms with E-state index in [4.69, 9.17) is 23.2 Å². The van der Waals surface area contributed by atoms with Gasteiger partial charge in [0.05, 0.1) is 16.4 Å². The van der Waals surface area contributed by atoms with Gasteiger partial charge in [-0.2, -0.15) is 0 Å². The van der Waals surface area contributed by atoms with Gasteiger partial charge in [0.1, 0.15) is 5.82 Å². The number of sulfone groups is 1. The van der Waals surface area contributed by atoms with Crippen LogP contribution in [0, 0.1) is 5.82 Å². The number of rotatable bonds is 3. The van der Waals surface area contributed by atoms with Crippen LogP contribution in [0.1, 0.15) is 24.8 Å². The largest absolute Gasteiger partial charge is 0.228 e. The Morgan fingerprint density at radius 2 is 2.11 bits per heavy atom. The number of benzene rings is 1. The first kappa shape index (κ1) is 15.1. The third kappa shape index (κ3) is 3.41. The van der Waals surface area contributed by atoms with E-state index in [0.29, 0.717) is 23.4 Å². The summed E-state index contributed by atoms with van der Waals surface area (Å²) in [7, 11) is -3.17. The van der Waals surface area contributed by atoms with Gasteiger partial charge in [0, 0.05) is 10.6 Å². The lowest BCUT2D eigenvalue weighted by Gasteiger charge is -2.26. The Morgan fingerprint density at radius 1 is 1.37 bits per heavy atom. The van der Waals surface area contributed by atoms with Gasteiger partial charge in [0.15, 0.2) is 9.84 Å². The SMILES string of the molecule is O=S1(=O)CCCCC1C(Cl)Cc1c(F)cccc1Cl. The fourth-order valence-electron chi connectivity index (χ4n) is 2.44. The second-order valence-electron chi connectivity index (χ2n) is 4.82. The highest BCUT2D eigenvalue weighted by Gasteiger charge is 2.35. The lowest BCUT2D eigenvalue weighted by molar-refractivity contribution is 0.525. The molecular weight excluding hydrogens is 310 g/mol. The lowest BCUT2D eigenvalue weighted by atomic mass is 10.0. The van der Waals surface area contributed by atoms with E-state index >= 15 is 0 Å². The van der Waals surface area contributed by atoms with Gasteiger partial charge in [-0.3, -0.25) is 0 Å². The van der Waals surface area contributed by atoms with Crippen LogP contribution in [-0.2, 0) is 16.3 Å². The van der Waals surface area contributed by atoms with Crippen molar-refractivity contribution in [1.29, 1.82) is 0 Å². The normalized spacial score (nSPS) is 24.1. The van der Waals surface area contributed by atoms with Crippen LogP contribution in [-0.4, -0.2) is 24.8 Å². The number of alkyl halides is 1. The van der Waals surface area contributed by atoms with E-state index < -0.39 is 26.3 Å². The number of hydrogen-bond donors (Lipinski definition) is 0. The van der Waals surface area contributed by atoms with Crippen LogP contribution in [0.5, 0.6) is 0 Å². The summed E-state index contributed by atoms with van der Waals surface area (Å²) < 4.78 is 37.6. The van der Waals surface area contributed by atoms with Crippen LogP contribution in [0.2, 0.25) is 5.02 Å². The van der Waals surface area contributed by atoms with Crippen molar-refractivity contribution >= 4 is 33.0 Å². The van der Waals surface area contributed by atoms with Gasteiger partial charge in [0.2, 0.25) is 0 Å². The van der Waals surface area contributed by atoms with Gasteiger partial charge in [-0.1, -0.05) is 24.1 Å². The highest BCUT2D eigenvalue weighted by atomic mass is 35.5. The van der Waals surface area contributed by atoms with E-state index in [0.717, 1.165) is 6.42 Å². The van der Waals surface area contributed by atoms with Gasteiger partial charge in [-0.15, -0.1) is 11.6 Å². The molecule has 2 atom stereocenters. The van der Waals surface area contributed by atoms with Crippen LogP contribution in [0.15, 0.2) is 18.2 Å². The van der Waals surface area contributed by atoms with Crippen molar-refractivity contribution < 1.29 is 12.8 Å². The van der Waals surface area contributed by atoms with Crippen molar-refractivity contribution in [3.8, 4) is 0 Å². The van der Waals surface area contributed by atoms with Crippen LogP contribution >= 0.6 is 23.2 Å². The minimum atomic E-state index is -3.17. The molecule has 1 fully saturated rings. The minimum absolute atomic E-state index is 0.136. The zero-order chi connectivity index (χ0) is 14.0. The average molecular weight is 325 g/mol. The molecule has 19 heavy (non-hydrogen) atoms. The molecule has 0 saturated carbocycles. The molecule has 1 aromatic rings. The van der Waals surface area contributed by atoms with Crippen molar-refractivity contribution in [2.24, 2.45) is 0 Å². The summed E-state index contributed by atoms with van der Waals surface area (Å²) in [6.07, 6.45) is 2.21. The minimum Gasteiger partial charge on any atom is -0.228 e. The Labute approximate surface area is 122 Å². The molecule has 106 valence electrons. The predicted molar refractivity (Wildman–Crippen MR) is 76.2 cm³/mol. The Morgan fingerprint density at radius 3 is 2.74 bits per heavy atom. The summed E-state index contributed by atoms with van der Waals surface area (Å²) in [5.41, 5.74) is 0.296. The highest BCUT2D eigenvalue weighted by molar-refractivity contribution is 7.92. The summed E-state index contributed by atoms with van der Waals surface area (Å²) in [5, 5.41) is -0.947. The van der Waals surface area contributed by atoms with Crippen LogP contribution in [0.4, 0.5) is 4.39 Å². The Bertz CT molecular complexity index is 540. The molecule has 0 bridgehead atoms. The molecule has 1 aliphatic heterocycles. The highest BCUT2D eigenvalue weighted by Crippen LogP contribution is 2.29. The third-order valence-corrected chi connectivity index (χ3v) is 6.80. The van der Waals surface area contributed by atoms with Crippen LogP contribution in [0.25, 0.3) is 0 Å². The quantitative estimate of drug-likeness (QED) is 0.796. The number of halogens is 3. The summed E-state index contributed by atoms with van der Waals surface area (Å²) >= 11 is 12.2. The molecule has 0 N–H and O–H groups in total. The van der Waals surface area contributed by atoms with E-state index in [1.54, 1.807) is 6.07 Å². The molecule has 0 radical (unpaired) electrons. The molecule has 2 unspecified atom stereocenters. The molecule has 1 heterocycles. The Kier molecular flexibility index (Phi) is 4.75. The average Bonchev–Trinajstić information content (AvgIpc) is 2.33. The molecule has 0 aromatic heterocycles. The second kappa shape index (κ2) is 5.98. The topological polar surface area (TPSA) is 34.1 Å². The molecule has 0 spiro atoms. The molecule has 2 nitrogen and oxygen atoms in total. The van der Waals surface area contributed by atoms with E-state index in [1.807, 2.05) is 0 Å². The summed E-state index contributed by atoms with van der Waals surface area (Å²) in [6, 6.07) is 4.40. The molecule has 1 aliphatic rings. The number of hydrogen-bond acceptors (Lipinski definition) is 2. The van der Waals surface area contributed by atoms with Crippen molar-refractivity contribution in [2.45, 2.75) is 36.3 Å². The molecule has 2 rings (SSSR count). The lowest BCUT2D eigenvalue weighted by Crippen LogP contribution is -2.37.